The van der Waals surface area contributed by atoms with E-state index in [4.69, 9.17) is 5.73 Å². The summed E-state index contributed by atoms with van der Waals surface area (Å²) < 4.78 is 0. The van der Waals surface area contributed by atoms with Crippen molar-refractivity contribution in [3.8, 4) is 0 Å². The Kier molecular flexibility index (Phi) is 5.99. The zero-order chi connectivity index (χ0) is 17.7. The van der Waals surface area contributed by atoms with E-state index in [1.54, 1.807) is 0 Å². The molecule has 0 saturated carbocycles. The van der Waals surface area contributed by atoms with E-state index in [-0.39, 0.29) is 23.8 Å². The average molecular weight is 331 g/mol. The Morgan fingerprint density at radius 3 is 2.58 bits per heavy atom. The highest BCUT2D eigenvalue weighted by Gasteiger charge is 2.33. The third-order valence-corrected chi connectivity index (χ3v) is 4.44. The van der Waals surface area contributed by atoms with E-state index >= 15 is 0 Å². The smallest absolute Gasteiger partial charge is 0.227 e. The van der Waals surface area contributed by atoms with E-state index < -0.39 is 5.41 Å². The molecule has 5 heteroatoms. The number of piperidine rings is 1. The first-order chi connectivity index (χ1) is 11.3. The molecule has 1 aromatic rings. The molecular weight excluding hydrogens is 302 g/mol. The van der Waals surface area contributed by atoms with Gasteiger partial charge in [-0.1, -0.05) is 51.1 Å². The number of benzene rings is 1. The Hall–Kier alpha value is -1.88. The van der Waals surface area contributed by atoms with Gasteiger partial charge in [0.05, 0.1) is 5.92 Å². The van der Waals surface area contributed by atoms with Gasteiger partial charge in [0.1, 0.15) is 0 Å². The third-order valence-electron chi connectivity index (χ3n) is 4.44. The molecule has 0 radical (unpaired) electrons. The number of likely N-dealkylation sites (tertiary alicyclic amines) is 1. The number of hydrogen-bond acceptors (Lipinski definition) is 3. The van der Waals surface area contributed by atoms with Gasteiger partial charge >= 0.3 is 0 Å². The van der Waals surface area contributed by atoms with Gasteiger partial charge in [-0.05, 0) is 18.4 Å². The summed E-state index contributed by atoms with van der Waals surface area (Å²) in [5.74, 6) is -0.0400. The predicted molar refractivity (Wildman–Crippen MR) is 95.1 cm³/mol. The molecule has 24 heavy (non-hydrogen) atoms. The van der Waals surface area contributed by atoms with Crippen LogP contribution < -0.4 is 11.1 Å². The minimum absolute atomic E-state index is 0.00668. The number of nitrogens with zero attached hydrogens (tertiary/aromatic N) is 1. The van der Waals surface area contributed by atoms with E-state index in [1.165, 1.54) is 0 Å². The molecule has 0 aliphatic carbocycles. The summed E-state index contributed by atoms with van der Waals surface area (Å²) in [6.07, 6.45) is 1.69. The number of nitrogens with one attached hydrogen (secondary N) is 1. The van der Waals surface area contributed by atoms with Crippen molar-refractivity contribution in [1.82, 2.24) is 10.2 Å². The van der Waals surface area contributed by atoms with Gasteiger partial charge in [0.25, 0.3) is 0 Å². The molecule has 2 rings (SSSR count). The molecule has 0 aromatic heterocycles. The second-order valence-corrected chi connectivity index (χ2v) is 7.60. The number of amides is 2. The SMILES string of the molecule is CC(C)(C)C(=O)N1CCCC(C(=O)NCC(N)c2ccccc2)C1. The first-order valence-corrected chi connectivity index (χ1v) is 8.66. The summed E-state index contributed by atoms with van der Waals surface area (Å²) in [6, 6.07) is 9.52. The monoisotopic (exact) mass is 331 g/mol. The Morgan fingerprint density at radius 2 is 1.96 bits per heavy atom. The van der Waals surface area contributed by atoms with Crippen LogP contribution >= 0.6 is 0 Å². The van der Waals surface area contributed by atoms with Crippen LogP contribution in [0.2, 0.25) is 0 Å². The van der Waals surface area contributed by atoms with E-state index in [0.29, 0.717) is 13.1 Å². The highest BCUT2D eigenvalue weighted by molar-refractivity contribution is 5.83. The minimum Gasteiger partial charge on any atom is -0.354 e. The summed E-state index contributed by atoms with van der Waals surface area (Å²) in [7, 11) is 0. The van der Waals surface area contributed by atoms with Crippen LogP contribution in [0.25, 0.3) is 0 Å². The minimum atomic E-state index is -0.409. The van der Waals surface area contributed by atoms with Crippen LogP contribution in [0.15, 0.2) is 30.3 Å². The molecular formula is C19H29N3O2. The molecule has 2 atom stereocenters. The lowest BCUT2D eigenvalue weighted by atomic mass is 9.91. The highest BCUT2D eigenvalue weighted by atomic mass is 16.2. The van der Waals surface area contributed by atoms with E-state index in [1.807, 2.05) is 56.0 Å². The van der Waals surface area contributed by atoms with Gasteiger partial charge < -0.3 is 16.0 Å². The Balaban J connectivity index is 1.87. The molecule has 3 N–H and O–H groups in total. The lowest BCUT2D eigenvalue weighted by Gasteiger charge is -2.36. The maximum atomic E-state index is 12.4. The molecule has 0 spiro atoms. The van der Waals surface area contributed by atoms with Crippen molar-refractivity contribution in [2.24, 2.45) is 17.1 Å². The molecule has 2 amide bonds. The number of carbonyl (C=O) groups is 2. The maximum Gasteiger partial charge on any atom is 0.227 e. The van der Waals surface area contributed by atoms with Crippen molar-refractivity contribution < 1.29 is 9.59 Å². The molecule has 5 nitrogen and oxygen atoms in total. The van der Waals surface area contributed by atoms with E-state index in [2.05, 4.69) is 5.32 Å². The summed E-state index contributed by atoms with van der Waals surface area (Å²) >= 11 is 0. The van der Waals surface area contributed by atoms with Crippen LogP contribution in [0.3, 0.4) is 0 Å². The van der Waals surface area contributed by atoms with Crippen LogP contribution in [0, 0.1) is 11.3 Å². The molecule has 1 saturated heterocycles. The van der Waals surface area contributed by atoms with Gasteiger partial charge in [0.15, 0.2) is 0 Å². The summed E-state index contributed by atoms with van der Waals surface area (Å²) in [4.78, 5) is 26.7. The largest absolute Gasteiger partial charge is 0.354 e. The second-order valence-electron chi connectivity index (χ2n) is 7.60. The van der Waals surface area contributed by atoms with Gasteiger partial charge in [-0.2, -0.15) is 0 Å². The molecule has 132 valence electrons. The fraction of sp³-hybridized carbons (Fsp3) is 0.579. The molecule has 0 bridgehead atoms. The fourth-order valence-corrected chi connectivity index (χ4v) is 3.02. The van der Waals surface area contributed by atoms with E-state index in [0.717, 1.165) is 24.9 Å². The summed E-state index contributed by atoms with van der Waals surface area (Å²) in [5, 5.41) is 2.95. The van der Waals surface area contributed by atoms with E-state index in [9.17, 15) is 9.59 Å². The summed E-state index contributed by atoms with van der Waals surface area (Å²) in [5.41, 5.74) is 6.72. The van der Waals surface area contributed by atoms with Gasteiger partial charge in [-0.3, -0.25) is 9.59 Å². The Labute approximate surface area is 144 Å². The van der Waals surface area contributed by atoms with Crippen molar-refractivity contribution in [2.75, 3.05) is 19.6 Å². The van der Waals surface area contributed by atoms with Crippen molar-refractivity contribution in [1.29, 1.82) is 0 Å². The van der Waals surface area contributed by atoms with Gasteiger partial charge in [0, 0.05) is 31.1 Å². The van der Waals surface area contributed by atoms with Crippen molar-refractivity contribution in [3.05, 3.63) is 35.9 Å². The van der Waals surface area contributed by atoms with Gasteiger partial charge in [-0.25, -0.2) is 0 Å². The third kappa shape index (κ3) is 4.81. The molecule has 1 aliphatic rings. The summed E-state index contributed by atoms with van der Waals surface area (Å²) in [6.45, 7) is 7.40. The van der Waals surface area contributed by atoms with Gasteiger partial charge in [0.2, 0.25) is 11.8 Å². The molecule has 2 unspecified atom stereocenters. The highest BCUT2D eigenvalue weighted by Crippen LogP contribution is 2.23. The van der Waals surface area contributed by atoms with Crippen molar-refractivity contribution in [2.45, 2.75) is 39.7 Å². The number of rotatable bonds is 4. The number of carbonyl (C=O) groups excluding carboxylic acids is 2. The van der Waals surface area contributed by atoms with Crippen LogP contribution in [-0.2, 0) is 9.59 Å². The maximum absolute atomic E-state index is 12.4. The first-order valence-electron chi connectivity index (χ1n) is 8.66. The van der Waals surface area contributed by atoms with Crippen LogP contribution in [0.4, 0.5) is 0 Å². The zero-order valence-electron chi connectivity index (χ0n) is 14.9. The molecule has 1 aromatic carbocycles. The predicted octanol–water partition coefficient (Wildman–Crippen LogP) is 2.09. The molecule has 1 fully saturated rings. The van der Waals surface area contributed by atoms with Crippen molar-refractivity contribution >= 4 is 11.8 Å². The average Bonchev–Trinajstić information content (AvgIpc) is 2.58. The molecule has 1 heterocycles. The number of hydrogen-bond donors (Lipinski definition) is 2. The van der Waals surface area contributed by atoms with Crippen LogP contribution in [0.1, 0.15) is 45.2 Å². The first kappa shape index (κ1) is 18.5. The quantitative estimate of drug-likeness (QED) is 0.887. The Morgan fingerprint density at radius 1 is 1.29 bits per heavy atom. The van der Waals surface area contributed by atoms with Crippen molar-refractivity contribution in [3.63, 3.8) is 0 Å². The Bertz CT molecular complexity index is 566. The number of nitrogens with two attached hydrogens (primary N) is 1. The standard InChI is InChI=1S/C19H29N3O2/c1-19(2,3)18(24)22-11-7-10-15(13-22)17(23)21-12-16(20)14-8-5-4-6-9-14/h4-6,8-9,15-16H,7,10-13,20H2,1-3H3,(H,21,23). The van der Waals surface area contributed by atoms with Crippen LogP contribution in [0.5, 0.6) is 0 Å². The fourth-order valence-electron chi connectivity index (χ4n) is 3.02. The second kappa shape index (κ2) is 7.79. The normalized spacial score (nSPS) is 19.7. The zero-order valence-corrected chi connectivity index (χ0v) is 14.9. The molecule has 1 aliphatic heterocycles. The topological polar surface area (TPSA) is 75.4 Å². The van der Waals surface area contributed by atoms with Gasteiger partial charge in [-0.15, -0.1) is 0 Å². The van der Waals surface area contributed by atoms with Crippen LogP contribution in [-0.4, -0.2) is 36.3 Å². The lowest BCUT2D eigenvalue weighted by Crippen LogP contribution is -2.49. The lowest BCUT2D eigenvalue weighted by molar-refractivity contribution is -0.142.